The van der Waals surface area contributed by atoms with E-state index in [4.69, 9.17) is 12.2 Å². The van der Waals surface area contributed by atoms with Crippen molar-refractivity contribution in [2.45, 2.75) is 13.8 Å². The van der Waals surface area contributed by atoms with Crippen molar-refractivity contribution >= 4 is 56.2 Å². The Morgan fingerprint density at radius 2 is 2.22 bits per heavy atom. The lowest BCUT2D eigenvalue weighted by Crippen LogP contribution is -2.27. The Hall–Kier alpha value is -0.650. The minimum atomic E-state index is 0.00637. The molecule has 0 N–H and O–H groups in total. The lowest BCUT2D eigenvalue weighted by atomic mass is 10.1. The number of rotatable bonds is 2. The Bertz CT molecular complexity index is 554. The first-order valence-electron chi connectivity index (χ1n) is 5.54. The Kier molecular flexibility index (Phi) is 4.25. The molecule has 5 heteroatoms. The summed E-state index contributed by atoms with van der Waals surface area (Å²) in [7, 11) is 0. The van der Waals surface area contributed by atoms with E-state index in [1.807, 2.05) is 38.1 Å². The second kappa shape index (κ2) is 5.55. The van der Waals surface area contributed by atoms with Gasteiger partial charge in [0.1, 0.15) is 4.32 Å². The van der Waals surface area contributed by atoms with Gasteiger partial charge in [-0.2, -0.15) is 0 Å². The van der Waals surface area contributed by atoms with Crippen molar-refractivity contribution in [2.24, 2.45) is 0 Å². The molecule has 0 unspecified atom stereocenters. The maximum atomic E-state index is 12.1. The smallest absolute Gasteiger partial charge is 0.266 e. The van der Waals surface area contributed by atoms with E-state index in [1.54, 1.807) is 4.90 Å². The summed E-state index contributed by atoms with van der Waals surface area (Å²) >= 11 is 10.00. The molecule has 1 aromatic carbocycles. The fourth-order valence-corrected chi connectivity index (χ4v) is 3.43. The summed E-state index contributed by atoms with van der Waals surface area (Å²) in [6.45, 7) is 4.58. The molecule has 0 bridgehead atoms. The highest BCUT2D eigenvalue weighted by atomic mass is 79.9. The second-order valence-electron chi connectivity index (χ2n) is 3.93. The van der Waals surface area contributed by atoms with Crippen LogP contribution in [0.1, 0.15) is 18.1 Å². The van der Waals surface area contributed by atoms with E-state index in [2.05, 4.69) is 15.9 Å². The highest BCUT2D eigenvalue weighted by Crippen LogP contribution is 2.33. The molecule has 0 saturated carbocycles. The van der Waals surface area contributed by atoms with Crippen LogP contribution in [-0.4, -0.2) is 21.7 Å². The van der Waals surface area contributed by atoms with E-state index in [1.165, 1.54) is 11.8 Å². The van der Waals surface area contributed by atoms with Crippen molar-refractivity contribution in [1.82, 2.24) is 4.90 Å². The van der Waals surface area contributed by atoms with Gasteiger partial charge in [0.2, 0.25) is 0 Å². The Morgan fingerprint density at radius 3 is 2.83 bits per heavy atom. The highest BCUT2D eigenvalue weighted by molar-refractivity contribution is 9.10. The molecule has 0 spiro atoms. The van der Waals surface area contributed by atoms with E-state index in [0.717, 1.165) is 15.6 Å². The van der Waals surface area contributed by atoms with Gasteiger partial charge in [0.05, 0.1) is 4.91 Å². The summed E-state index contributed by atoms with van der Waals surface area (Å²) in [6, 6.07) is 6.02. The van der Waals surface area contributed by atoms with Crippen LogP contribution in [0.3, 0.4) is 0 Å². The van der Waals surface area contributed by atoms with Gasteiger partial charge in [-0.25, -0.2) is 0 Å². The van der Waals surface area contributed by atoms with Crippen molar-refractivity contribution in [3.8, 4) is 0 Å². The van der Waals surface area contributed by atoms with E-state index in [-0.39, 0.29) is 5.91 Å². The first-order valence-corrected chi connectivity index (χ1v) is 7.56. The number of carbonyl (C=O) groups excluding carboxylic acids is 1. The topological polar surface area (TPSA) is 20.3 Å². The van der Waals surface area contributed by atoms with Crippen LogP contribution in [0.15, 0.2) is 27.6 Å². The fourth-order valence-electron chi connectivity index (χ4n) is 1.68. The van der Waals surface area contributed by atoms with Crippen LogP contribution in [0.4, 0.5) is 0 Å². The second-order valence-corrected chi connectivity index (χ2v) is 6.52. The molecule has 0 radical (unpaired) electrons. The van der Waals surface area contributed by atoms with E-state index < -0.39 is 0 Å². The Labute approximate surface area is 125 Å². The van der Waals surface area contributed by atoms with Gasteiger partial charge in [0, 0.05) is 11.0 Å². The van der Waals surface area contributed by atoms with Crippen LogP contribution < -0.4 is 0 Å². The molecular weight excluding hydrogens is 330 g/mol. The SMILES string of the molecule is CCN1C(=O)/C(=C\c2cc(Br)ccc2C)SC1=S. The average Bonchev–Trinajstić information content (AvgIpc) is 2.59. The molecule has 2 rings (SSSR count). The summed E-state index contributed by atoms with van der Waals surface area (Å²) in [5.41, 5.74) is 2.18. The van der Waals surface area contributed by atoms with Gasteiger partial charge >= 0.3 is 0 Å². The molecule has 1 amide bonds. The maximum absolute atomic E-state index is 12.1. The number of nitrogens with zero attached hydrogens (tertiary/aromatic N) is 1. The zero-order chi connectivity index (χ0) is 13.3. The molecule has 1 heterocycles. The van der Waals surface area contributed by atoms with Gasteiger partial charge in [0.15, 0.2) is 0 Å². The normalized spacial score (nSPS) is 17.9. The molecule has 1 aliphatic rings. The van der Waals surface area contributed by atoms with Crippen molar-refractivity contribution in [1.29, 1.82) is 0 Å². The zero-order valence-corrected chi connectivity index (χ0v) is 13.3. The van der Waals surface area contributed by atoms with Crippen LogP contribution >= 0.6 is 39.9 Å². The lowest BCUT2D eigenvalue weighted by molar-refractivity contribution is -0.121. The molecule has 1 aromatic rings. The number of likely N-dealkylation sites (N-methyl/N-ethyl adjacent to an activating group) is 1. The Morgan fingerprint density at radius 1 is 1.50 bits per heavy atom. The summed E-state index contributed by atoms with van der Waals surface area (Å²) in [4.78, 5) is 14.4. The van der Waals surface area contributed by atoms with Gasteiger partial charge < -0.3 is 0 Å². The zero-order valence-electron chi connectivity index (χ0n) is 10.1. The molecule has 18 heavy (non-hydrogen) atoms. The number of aryl methyl sites for hydroxylation is 1. The van der Waals surface area contributed by atoms with Crippen LogP contribution in [0.2, 0.25) is 0 Å². The van der Waals surface area contributed by atoms with Crippen LogP contribution in [0.5, 0.6) is 0 Å². The molecule has 1 fully saturated rings. The molecule has 1 aliphatic heterocycles. The number of amides is 1. The van der Waals surface area contributed by atoms with Crippen molar-refractivity contribution in [3.63, 3.8) is 0 Å². The molecule has 0 aliphatic carbocycles. The molecule has 94 valence electrons. The fraction of sp³-hybridized carbons (Fsp3) is 0.231. The van der Waals surface area contributed by atoms with Crippen LogP contribution in [0.25, 0.3) is 6.08 Å². The maximum Gasteiger partial charge on any atom is 0.266 e. The lowest BCUT2D eigenvalue weighted by Gasteiger charge is -2.09. The predicted molar refractivity (Wildman–Crippen MR) is 84.4 cm³/mol. The third kappa shape index (κ3) is 2.68. The molecule has 2 nitrogen and oxygen atoms in total. The van der Waals surface area contributed by atoms with Crippen molar-refractivity contribution in [2.75, 3.05) is 6.54 Å². The number of thiocarbonyl (C=S) groups is 1. The molecule has 1 saturated heterocycles. The first-order chi connectivity index (χ1) is 8.52. The van der Waals surface area contributed by atoms with E-state index in [0.29, 0.717) is 15.8 Å². The summed E-state index contributed by atoms with van der Waals surface area (Å²) in [5.74, 6) is 0.00637. The molecular formula is C13H12BrNOS2. The minimum absolute atomic E-state index is 0.00637. The number of hydrogen-bond donors (Lipinski definition) is 0. The molecule has 0 atom stereocenters. The number of thioether (sulfide) groups is 1. The molecule has 0 aromatic heterocycles. The van der Waals surface area contributed by atoms with Crippen molar-refractivity contribution in [3.05, 3.63) is 38.7 Å². The van der Waals surface area contributed by atoms with E-state index >= 15 is 0 Å². The number of benzene rings is 1. The minimum Gasteiger partial charge on any atom is -0.293 e. The monoisotopic (exact) mass is 341 g/mol. The number of carbonyl (C=O) groups is 1. The third-order valence-corrected chi connectivity index (χ3v) is 4.59. The quantitative estimate of drug-likeness (QED) is 0.599. The van der Waals surface area contributed by atoms with Gasteiger partial charge in [-0.1, -0.05) is 46.0 Å². The van der Waals surface area contributed by atoms with Crippen LogP contribution in [-0.2, 0) is 4.79 Å². The van der Waals surface area contributed by atoms with Gasteiger partial charge in [0.25, 0.3) is 5.91 Å². The highest BCUT2D eigenvalue weighted by Gasteiger charge is 2.30. The van der Waals surface area contributed by atoms with Gasteiger partial charge in [-0.15, -0.1) is 0 Å². The third-order valence-electron chi connectivity index (χ3n) is 2.72. The largest absolute Gasteiger partial charge is 0.293 e. The Balaban J connectivity index is 2.38. The van der Waals surface area contributed by atoms with Gasteiger partial charge in [-0.05, 0) is 43.2 Å². The number of hydrogen-bond acceptors (Lipinski definition) is 3. The number of halogens is 1. The standard InChI is InChI=1S/C13H12BrNOS2/c1-3-15-12(16)11(18-13(15)17)7-9-6-10(14)5-4-8(9)2/h4-7H,3H2,1-2H3/b11-7+. The average molecular weight is 342 g/mol. The van der Waals surface area contributed by atoms with E-state index in [9.17, 15) is 4.79 Å². The summed E-state index contributed by atoms with van der Waals surface area (Å²) in [6.07, 6.45) is 1.91. The van der Waals surface area contributed by atoms with Gasteiger partial charge in [-0.3, -0.25) is 9.69 Å². The first kappa shape index (κ1) is 13.8. The predicted octanol–water partition coefficient (Wildman–Crippen LogP) is 3.98. The summed E-state index contributed by atoms with van der Waals surface area (Å²) < 4.78 is 1.65. The van der Waals surface area contributed by atoms with Crippen LogP contribution in [0, 0.1) is 6.92 Å². The summed E-state index contributed by atoms with van der Waals surface area (Å²) in [5, 5.41) is 0. The van der Waals surface area contributed by atoms with Crippen molar-refractivity contribution < 1.29 is 4.79 Å².